The highest BCUT2D eigenvalue weighted by atomic mass is 19.4. The lowest BCUT2D eigenvalue weighted by atomic mass is 9.85. The Balaban J connectivity index is 3.94. The van der Waals surface area contributed by atoms with Crippen LogP contribution in [0.4, 0.5) is 52.7 Å². The molecule has 3 N–H and O–H groups in total. The lowest BCUT2D eigenvalue weighted by Gasteiger charge is -2.35. The molecule has 0 bridgehead atoms. The normalized spacial score (nSPS) is 15.2. The zero-order chi connectivity index (χ0) is 21.9. The summed E-state index contributed by atoms with van der Waals surface area (Å²) in [7, 11) is 0. The second kappa shape index (κ2) is 6.05. The molecule has 0 unspecified atom stereocenters. The van der Waals surface area contributed by atoms with Crippen LogP contribution in [0.15, 0.2) is 18.2 Å². The number of alkyl halides is 12. The van der Waals surface area contributed by atoms with Gasteiger partial charge in [0.2, 0.25) is 0 Å². The van der Waals surface area contributed by atoms with Crippen LogP contribution in [0.25, 0.3) is 0 Å². The van der Waals surface area contributed by atoms with Crippen LogP contribution in [0.5, 0.6) is 5.75 Å². The van der Waals surface area contributed by atoms with Gasteiger partial charge in [-0.2, -0.15) is 52.7 Å². The molecular weight excluding hydrogens is 420 g/mol. The summed E-state index contributed by atoms with van der Waals surface area (Å²) < 4.78 is 153. The topological polar surface area (TPSA) is 60.7 Å². The quantitative estimate of drug-likeness (QED) is 0.627. The van der Waals surface area contributed by atoms with Gasteiger partial charge in [0.1, 0.15) is 5.75 Å². The SMILES string of the molecule is Oc1cc(C(O)(C(F)(F)F)C(F)(F)F)cc(C(O)(C(F)(F)F)C(F)(F)F)c1. The molecule has 0 heterocycles. The number of aromatic hydroxyl groups is 1. The third kappa shape index (κ3) is 3.49. The molecule has 0 atom stereocenters. The van der Waals surface area contributed by atoms with Gasteiger partial charge in [0.05, 0.1) is 0 Å². The molecular formula is C12H6F12O3. The van der Waals surface area contributed by atoms with E-state index in [9.17, 15) is 52.7 Å². The molecule has 0 saturated carbocycles. The van der Waals surface area contributed by atoms with E-state index in [1.165, 1.54) is 0 Å². The molecule has 0 radical (unpaired) electrons. The maximum Gasteiger partial charge on any atom is 0.430 e. The molecule has 0 aliphatic heterocycles. The van der Waals surface area contributed by atoms with E-state index in [1.807, 2.05) is 0 Å². The first-order valence-electron chi connectivity index (χ1n) is 6.17. The molecule has 1 aromatic carbocycles. The highest BCUT2D eigenvalue weighted by molar-refractivity contribution is 5.42. The Morgan fingerprint density at radius 3 is 0.889 bits per heavy atom. The molecule has 1 rings (SSSR count). The van der Waals surface area contributed by atoms with Crippen LogP contribution in [-0.4, -0.2) is 40.0 Å². The van der Waals surface area contributed by atoms with Crippen molar-refractivity contribution in [3.05, 3.63) is 29.3 Å². The minimum Gasteiger partial charge on any atom is -0.508 e. The molecule has 0 aromatic heterocycles. The van der Waals surface area contributed by atoms with E-state index in [1.54, 1.807) is 0 Å². The molecule has 156 valence electrons. The van der Waals surface area contributed by atoms with Crippen molar-refractivity contribution < 1.29 is 68.0 Å². The van der Waals surface area contributed by atoms with Crippen molar-refractivity contribution in [1.82, 2.24) is 0 Å². The van der Waals surface area contributed by atoms with Crippen molar-refractivity contribution in [3.63, 3.8) is 0 Å². The molecule has 0 amide bonds. The van der Waals surface area contributed by atoms with Gasteiger partial charge in [0.25, 0.3) is 11.2 Å². The predicted octanol–water partition coefficient (Wildman–Crippen LogP) is 4.02. The number of benzene rings is 1. The van der Waals surface area contributed by atoms with Crippen LogP contribution in [-0.2, 0) is 11.2 Å². The van der Waals surface area contributed by atoms with Crippen molar-refractivity contribution in [1.29, 1.82) is 0 Å². The number of phenolic OH excluding ortho intramolecular Hbond substituents is 1. The number of rotatable bonds is 2. The number of phenols is 1. The minimum absolute atomic E-state index is 0.544. The summed E-state index contributed by atoms with van der Waals surface area (Å²) in [6.07, 6.45) is -26.6. The van der Waals surface area contributed by atoms with E-state index < -0.39 is 71.0 Å². The van der Waals surface area contributed by atoms with Gasteiger partial charge >= 0.3 is 24.7 Å². The summed E-state index contributed by atoms with van der Waals surface area (Å²) in [6, 6.07) is -2.09. The summed E-state index contributed by atoms with van der Waals surface area (Å²) in [4.78, 5) is 0. The van der Waals surface area contributed by atoms with Crippen molar-refractivity contribution in [2.24, 2.45) is 0 Å². The number of hydrogen-bond acceptors (Lipinski definition) is 3. The molecule has 0 aliphatic carbocycles. The second-order valence-electron chi connectivity index (χ2n) is 5.18. The van der Waals surface area contributed by atoms with E-state index in [-0.39, 0.29) is 0 Å². The lowest BCUT2D eigenvalue weighted by molar-refractivity contribution is -0.378. The molecule has 3 nitrogen and oxygen atoms in total. The highest BCUT2D eigenvalue weighted by Gasteiger charge is 2.74. The molecule has 0 saturated heterocycles. The van der Waals surface area contributed by atoms with Gasteiger partial charge < -0.3 is 15.3 Å². The second-order valence-corrected chi connectivity index (χ2v) is 5.18. The monoisotopic (exact) mass is 426 g/mol. The fraction of sp³-hybridized carbons (Fsp3) is 0.500. The summed E-state index contributed by atoms with van der Waals surface area (Å²) in [5.41, 5.74) is -17.1. The average Bonchev–Trinajstić information content (AvgIpc) is 2.39. The van der Waals surface area contributed by atoms with E-state index in [2.05, 4.69) is 0 Å². The highest BCUT2D eigenvalue weighted by Crippen LogP contribution is 2.54. The van der Waals surface area contributed by atoms with Crippen LogP contribution in [0.2, 0.25) is 0 Å². The van der Waals surface area contributed by atoms with Crippen molar-refractivity contribution >= 4 is 0 Å². The minimum atomic E-state index is -6.66. The maximum absolute atomic E-state index is 12.8. The maximum atomic E-state index is 12.8. The molecule has 15 heteroatoms. The van der Waals surface area contributed by atoms with Crippen LogP contribution in [0, 0.1) is 0 Å². The Bertz CT molecular complexity index is 613. The van der Waals surface area contributed by atoms with E-state index in [4.69, 9.17) is 15.3 Å². The summed E-state index contributed by atoms with van der Waals surface area (Å²) >= 11 is 0. The summed E-state index contributed by atoms with van der Waals surface area (Å²) in [6.45, 7) is 0. The Kier molecular flexibility index (Phi) is 5.19. The van der Waals surface area contributed by atoms with Gasteiger partial charge in [0, 0.05) is 11.1 Å². The number of halogens is 12. The average molecular weight is 426 g/mol. The number of hydrogen-bond donors (Lipinski definition) is 3. The molecule has 0 spiro atoms. The van der Waals surface area contributed by atoms with E-state index in [0.717, 1.165) is 0 Å². The smallest absolute Gasteiger partial charge is 0.430 e. The van der Waals surface area contributed by atoms with Gasteiger partial charge in [-0.15, -0.1) is 0 Å². The molecule has 0 aliphatic rings. The Morgan fingerprint density at radius 2 is 0.704 bits per heavy atom. The molecule has 27 heavy (non-hydrogen) atoms. The predicted molar refractivity (Wildman–Crippen MR) is 60.1 cm³/mol. The lowest BCUT2D eigenvalue weighted by Crippen LogP contribution is -2.55. The Labute approximate surface area is 140 Å². The number of aliphatic hydroxyl groups is 2. The fourth-order valence-corrected chi connectivity index (χ4v) is 2.01. The first kappa shape index (κ1) is 23.1. The largest absolute Gasteiger partial charge is 0.508 e. The van der Waals surface area contributed by atoms with Crippen LogP contribution in [0.3, 0.4) is 0 Å². The first-order chi connectivity index (χ1) is 11.6. The fourth-order valence-electron chi connectivity index (χ4n) is 2.01. The third-order valence-electron chi connectivity index (χ3n) is 3.39. The van der Waals surface area contributed by atoms with Gasteiger partial charge in [0.15, 0.2) is 0 Å². The zero-order valence-electron chi connectivity index (χ0n) is 12.1. The summed E-state index contributed by atoms with van der Waals surface area (Å²) in [5.74, 6) is -1.94. The third-order valence-corrected chi connectivity index (χ3v) is 3.39. The van der Waals surface area contributed by atoms with Crippen molar-refractivity contribution in [3.8, 4) is 5.75 Å². The van der Waals surface area contributed by atoms with E-state index >= 15 is 0 Å². The first-order valence-corrected chi connectivity index (χ1v) is 6.17. The van der Waals surface area contributed by atoms with Crippen molar-refractivity contribution in [2.75, 3.05) is 0 Å². The van der Waals surface area contributed by atoms with E-state index in [0.29, 0.717) is 0 Å². The Morgan fingerprint density at radius 1 is 0.481 bits per heavy atom. The Hall–Kier alpha value is -1.90. The molecule has 1 aromatic rings. The molecule has 0 fully saturated rings. The summed E-state index contributed by atoms with van der Waals surface area (Å²) in [5, 5.41) is 27.2. The van der Waals surface area contributed by atoms with Crippen LogP contribution >= 0.6 is 0 Å². The zero-order valence-corrected chi connectivity index (χ0v) is 12.1. The van der Waals surface area contributed by atoms with Gasteiger partial charge in [-0.25, -0.2) is 0 Å². The van der Waals surface area contributed by atoms with Gasteiger partial charge in [-0.3, -0.25) is 0 Å². The van der Waals surface area contributed by atoms with Crippen LogP contribution < -0.4 is 0 Å². The van der Waals surface area contributed by atoms with Gasteiger partial charge in [-0.1, -0.05) is 0 Å². The van der Waals surface area contributed by atoms with Gasteiger partial charge in [-0.05, 0) is 18.2 Å². The van der Waals surface area contributed by atoms with Crippen molar-refractivity contribution in [2.45, 2.75) is 35.9 Å². The van der Waals surface area contributed by atoms with Crippen LogP contribution in [0.1, 0.15) is 11.1 Å². The standard InChI is InChI=1S/C12H6F12O3/c13-9(14,15)7(26,10(16,17)18)4-1-5(3-6(25)2-4)8(27,11(19,20)21)12(22,23)24/h1-3,25-27H.